The summed E-state index contributed by atoms with van der Waals surface area (Å²) in [5.74, 6) is 0.757. The van der Waals surface area contributed by atoms with Gasteiger partial charge in [0, 0.05) is 36.6 Å². The number of nitrogens with one attached hydrogen (secondary N) is 2. The van der Waals surface area contributed by atoms with Crippen molar-refractivity contribution in [2.45, 2.75) is 69.5 Å². The molecule has 26 heavy (non-hydrogen) atoms. The normalized spacial score (nSPS) is 28.2. The highest BCUT2D eigenvalue weighted by atomic mass is 19.1. The maximum atomic E-state index is 13.6. The van der Waals surface area contributed by atoms with E-state index in [0.29, 0.717) is 12.1 Å². The van der Waals surface area contributed by atoms with Gasteiger partial charge in [-0.05, 0) is 63.6 Å². The van der Waals surface area contributed by atoms with Gasteiger partial charge in [-0.3, -0.25) is 9.89 Å². The van der Waals surface area contributed by atoms with E-state index in [1.54, 1.807) is 6.07 Å². The summed E-state index contributed by atoms with van der Waals surface area (Å²) in [6, 6.07) is 8.98. The first-order valence-electron chi connectivity index (χ1n) is 10.2. The highest BCUT2D eigenvalue weighted by Crippen LogP contribution is 2.48. The molecule has 2 unspecified atom stereocenters. The predicted octanol–water partition coefficient (Wildman–Crippen LogP) is 3.04. The van der Waals surface area contributed by atoms with Gasteiger partial charge < -0.3 is 10.6 Å². The fourth-order valence-corrected chi connectivity index (χ4v) is 4.33. The maximum absolute atomic E-state index is 13.6. The summed E-state index contributed by atoms with van der Waals surface area (Å²) in [5.41, 5.74) is 1.12. The standard InChI is InChI=1S/C21H31FN4/c1-3-23-20(25-18-11-15(2)26(13-18)19-7-8-19)24-14-21(9-10-21)16-5-4-6-17(22)12-16/h4-6,12,15,18-19H,3,7-11,13-14H2,1-2H3,(H2,23,24,25). The Hall–Kier alpha value is -1.62. The summed E-state index contributed by atoms with van der Waals surface area (Å²) >= 11 is 0. The van der Waals surface area contributed by atoms with E-state index in [-0.39, 0.29) is 11.2 Å². The van der Waals surface area contributed by atoms with E-state index in [2.05, 4.69) is 29.4 Å². The molecular weight excluding hydrogens is 327 g/mol. The number of rotatable bonds is 6. The minimum Gasteiger partial charge on any atom is -0.357 e. The molecule has 2 N–H and O–H groups in total. The van der Waals surface area contributed by atoms with Gasteiger partial charge in [-0.2, -0.15) is 0 Å². The van der Waals surface area contributed by atoms with Crippen molar-refractivity contribution in [2.75, 3.05) is 19.6 Å². The van der Waals surface area contributed by atoms with E-state index in [1.165, 1.54) is 25.3 Å². The zero-order chi connectivity index (χ0) is 18.1. The van der Waals surface area contributed by atoms with Crippen molar-refractivity contribution in [3.63, 3.8) is 0 Å². The third-order valence-corrected chi connectivity index (χ3v) is 6.15. The summed E-state index contributed by atoms with van der Waals surface area (Å²) in [5, 5.41) is 7.04. The molecule has 4 rings (SSSR count). The Morgan fingerprint density at radius 1 is 1.35 bits per heavy atom. The van der Waals surface area contributed by atoms with Crippen LogP contribution >= 0.6 is 0 Å². The lowest BCUT2D eigenvalue weighted by Gasteiger charge is -2.21. The maximum Gasteiger partial charge on any atom is 0.191 e. The first-order chi connectivity index (χ1) is 12.6. The molecule has 3 fully saturated rings. The van der Waals surface area contributed by atoms with Crippen LogP contribution in [0.5, 0.6) is 0 Å². The molecule has 1 aliphatic heterocycles. The van der Waals surface area contributed by atoms with E-state index in [0.717, 1.165) is 50.0 Å². The van der Waals surface area contributed by atoms with Crippen LogP contribution in [0.15, 0.2) is 29.3 Å². The number of hydrogen-bond acceptors (Lipinski definition) is 2. The van der Waals surface area contributed by atoms with E-state index in [4.69, 9.17) is 4.99 Å². The summed E-state index contributed by atoms with van der Waals surface area (Å²) in [7, 11) is 0. The van der Waals surface area contributed by atoms with Crippen molar-refractivity contribution >= 4 is 5.96 Å². The van der Waals surface area contributed by atoms with E-state index in [1.807, 2.05) is 12.1 Å². The average molecular weight is 359 g/mol. The van der Waals surface area contributed by atoms with Gasteiger partial charge in [0.2, 0.25) is 0 Å². The van der Waals surface area contributed by atoms with Gasteiger partial charge in [0.15, 0.2) is 5.96 Å². The van der Waals surface area contributed by atoms with Crippen LogP contribution in [0.25, 0.3) is 0 Å². The largest absolute Gasteiger partial charge is 0.357 e. The van der Waals surface area contributed by atoms with E-state index in [9.17, 15) is 4.39 Å². The molecule has 2 saturated carbocycles. The molecule has 3 aliphatic rings. The number of guanidine groups is 1. The Morgan fingerprint density at radius 3 is 2.81 bits per heavy atom. The van der Waals surface area contributed by atoms with Crippen molar-refractivity contribution in [1.29, 1.82) is 0 Å². The van der Waals surface area contributed by atoms with Crippen molar-refractivity contribution in [1.82, 2.24) is 15.5 Å². The average Bonchev–Trinajstić information content (AvgIpc) is 3.53. The fourth-order valence-electron chi connectivity index (χ4n) is 4.33. The molecule has 1 aromatic rings. The Kier molecular flexibility index (Phi) is 4.91. The van der Waals surface area contributed by atoms with Crippen LogP contribution in [-0.4, -0.2) is 48.6 Å². The second-order valence-electron chi connectivity index (χ2n) is 8.34. The molecule has 1 aromatic carbocycles. The van der Waals surface area contributed by atoms with Crippen molar-refractivity contribution in [3.8, 4) is 0 Å². The van der Waals surface area contributed by atoms with Crippen molar-refractivity contribution in [3.05, 3.63) is 35.6 Å². The van der Waals surface area contributed by atoms with Crippen molar-refractivity contribution < 1.29 is 4.39 Å². The smallest absolute Gasteiger partial charge is 0.191 e. The number of nitrogens with zero attached hydrogens (tertiary/aromatic N) is 2. The lowest BCUT2D eigenvalue weighted by molar-refractivity contribution is 0.256. The number of hydrogen-bond donors (Lipinski definition) is 2. The van der Waals surface area contributed by atoms with Crippen LogP contribution in [0.1, 0.15) is 51.5 Å². The van der Waals surface area contributed by atoms with Crippen molar-refractivity contribution in [2.24, 2.45) is 4.99 Å². The molecule has 0 radical (unpaired) electrons. The Balaban J connectivity index is 1.40. The highest BCUT2D eigenvalue weighted by Gasteiger charge is 2.44. The second kappa shape index (κ2) is 7.18. The summed E-state index contributed by atoms with van der Waals surface area (Å²) < 4.78 is 13.6. The van der Waals surface area contributed by atoms with Crippen LogP contribution in [0.4, 0.5) is 4.39 Å². The van der Waals surface area contributed by atoms with Gasteiger partial charge in [0.25, 0.3) is 0 Å². The van der Waals surface area contributed by atoms with Gasteiger partial charge in [-0.1, -0.05) is 12.1 Å². The van der Waals surface area contributed by atoms with Crippen LogP contribution < -0.4 is 10.6 Å². The van der Waals surface area contributed by atoms with Gasteiger partial charge >= 0.3 is 0 Å². The summed E-state index contributed by atoms with van der Waals surface area (Å²) in [4.78, 5) is 7.53. The Bertz CT molecular complexity index is 666. The summed E-state index contributed by atoms with van der Waals surface area (Å²) in [6.07, 6.45) is 6.09. The van der Waals surface area contributed by atoms with Gasteiger partial charge in [-0.25, -0.2) is 4.39 Å². The topological polar surface area (TPSA) is 39.7 Å². The first kappa shape index (κ1) is 17.8. The molecular formula is C21H31FN4. The quantitative estimate of drug-likeness (QED) is 0.607. The zero-order valence-electron chi connectivity index (χ0n) is 16.0. The number of likely N-dealkylation sites (tertiary alicyclic amines) is 1. The predicted molar refractivity (Wildman–Crippen MR) is 104 cm³/mol. The number of halogens is 1. The third kappa shape index (κ3) is 3.88. The molecule has 142 valence electrons. The molecule has 0 aromatic heterocycles. The van der Waals surface area contributed by atoms with Crippen LogP contribution in [-0.2, 0) is 5.41 Å². The molecule has 0 bridgehead atoms. The van der Waals surface area contributed by atoms with Crippen LogP contribution in [0.2, 0.25) is 0 Å². The zero-order valence-corrected chi connectivity index (χ0v) is 16.0. The lowest BCUT2D eigenvalue weighted by Crippen LogP contribution is -2.45. The van der Waals surface area contributed by atoms with E-state index < -0.39 is 0 Å². The third-order valence-electron chi connectivity index (χ3n) is 6.15. The first-order valence-corrected chi connectivity index (χ1v) is 10.2. The van der Waals surface area contributed by atoms with Crippen LogP contribution in [0, 0.1) is 5.82 Å². The minimum atomic E-state index is -0.150. The molecule has 0 amide bonds. The SMILES string of the molecule is CCNC(=NCC1(c2cccc(F)c2)CC1)NC1CC(C)N(C2CC2)C1. The lowest BCUT2D eigenvalue weighted by atomic mass is 9.96. The minimum absolute atomic E-state index is 0.0352. The Labute approximate surface area is 156 Å². The molecule has 2 atom stereocenters. The molecule has 2 aliphatic carbocycles. The molecule has 0 spiro atoms. The van der Waals surface area contributed by atoms with Gasteiger partial charge in [-0.15, -0.1) is 0 Å². The second-order valence-corrected chi connectivity index (χ2v) is 8.34. The molecule has 4 nitrogen and oxygen atoms in total. The van der Waals surface area contributed by atoms with Gasteiger partial charge in [0.1, 0.15) is 5.82 Å². The van der Waals surface area contributed by atoms with E-state index >= 15 is 0 Å². The summed E-state index contributed by atoms with van der Waals surface area (Å²) in [6.45, 7) is 7.14. The monoisotopic (exact) mass is 358 g/mol. The van der Waals surface area contributed by atoms with Gasteiger partial charge in [0.05, 0.1) is 6.54 Å². The van der Waals surface area contributed by atoms with Crippen LogP contribution in [0.3, 0.4) is 0 Å². The Morgan fingerprint density at radius 2 is 2.15 bits per heavy atom. The molecule has 5 heteroatoms. The fraction of sp³-hybridized carbons (Fsp3) is 0.667. The number of aliphatic imine (C=N–C) groups is 1. The molecule has 1 heterocycles. The molecule has 1 saturated heterocycles. The highest BCUT2D eigenvalue weighted by molar-refractivity contribution is 5.80. The number of benzene rings is 1.